The van der Waals surface area contributed by atoms with E-state index in [1.165, 1.54) is 0 Å². The lowest BCUT2D eigenvalue weighted by atomic mass is 10.1. The van der Waals surface area contributed by atoms with Gasteiger partial charge in [0, 0.05) is 11.6 Å². The minimum atomic E-state index is 0.223. The summed E-state index contributed by atoms with van der Waals surface area (Å²) in [6.45, 7) is 0. The molecule has 0 aliphatic heterocycles. The van der Waals surface area contributed by atoms with Crippen molar-refractivity contribution in [3.05, 3.63) is 66.5 Å². The Morgan fingerprint density at radius 3 is 2.55 bits per heavy atom. The molecule has 98 valence electrons. The Morgan fingerprint density at radius 2 is 1.70 bits per heavy atom. The van der Waals surface area contributed by atoms with Gasteiger partial charge in [0.15, 0.2) is 5.75 Å². The van der Waals surface area contributed by atoms with Gasteiger partial charge in [0.25, 0.3) is 0 Å². The van der Waals surface area contributed by atoms with E-state index in [2.05, 4.69) is 4.98 Å². The first-order valence-corrected chi connectivity index (χ1v) is 6.57. The minimum absolute atomic E-state index is 0.223. The third-order valence-corrected chi connectivity index (χ3v) is 3.17. The molecule has 0 amide bonds. The number of thiocarbonyl (C=S) groups is 1. The lowest BCUT2D eigenvalue weighted by Crippen LogP contribution is -2.12. The zero-order valence-electron chi connectivity index (χ0n) is 10.6. The van der Waals surface area contributed by atoms with Crippen molar-refractivity contribution < 1.29 is 4.74 Å². The molecule has 0 radical (unpaired) electrons. The highest BCUT2D eigenvalue weighted by Crippen LogP contribution is 2.30. The number of hydrogen-bond donors (Lipinski definition) is 1. The first-order valence-electron chi connectivity index (χ1n) is 6.16. The number of hydrogen-bond acceptors (Lipinski definition) is 3. The van der Waals surface area contributed by atoms with Crippen LogP contribution < -0.4 is 10.5 Å². The van der Waals surface area contributed by atoms with Gasteiger partial charge in [-0.25, -0.2) is 4.98 Å². The summed E-state index contributed by atoms with van der Waals surface area (Å²) in [7, 11) is 0. The number of nitrogens with zero attached hydrogens (tertiary/aromatic N) is 1. The van der Waals surface area contributed by atoms with Crippen molar-refractivity contribution in [3.8, 4) is 11.5 Å². The van der Waals surface area contributed by atoms with Crippen LogP contribution in [0.15, 0.2) is 60.8 Å². The van der Waals surface area contributed by atoms with Crippen molar-refractivity contribution in [2.75, 3.05) is 0 Å². The van der Waals surface area contributed by atoms with Crippen molar-refractivity contribution in [1.29, 1.82) is 0 Å². The van der Waals surface area contributed by atoms with Crippen LogP contribution in [-0.4, -0.2) is 9.97 Å². The molecule has 3 rings (SSSR count). The molecule has 4 heteroatoms. The molecule has 0 saturated carbocycles. The van der Waals surface area contributed by atoms with Gasteiger partial charge in [-0.3, -0.25) is 0 Å². The summed E-state index contributed by atoms with van der Waals surface area (Å²) < 4.78 is 5.95. The van der Waals surface area contributed by atoms with Crippen LogP contribution in [0.1, 0.15) is 5.69 Å². The van der Waals surface area contributed by atoms with E-state index in [1.807, 2.05) is 48.5 Å². The van der Waals surface area contributed by atoms with Crippen LogP contribution in [0.3, 0.4) is 0 Å². The predicted molar refractivity (Wildman–Crippen MR) is 84.1 cm³/mol. The monoisotopic (exact) mass is 280 g/mol. The molecule has 2 aromatic carbocycles. The van der Waals surface area contributed by atoms with E-state index in [1.54, 1.807) is 12.3 Å². The molecule has 1 heterocycles. The molecule has 0 aliphatic rings. The smallest absolute Gasteiger partial charge is 0.156 e. The number of nitrogens with two attached hydrogens (primary N) is 1. The number of ether oxygens (including phenoxy) is 1. The van der Waals surface area contributed by atoms with Gasteiger partial charge in [-0.2, -0.15) is 0 Å². The summed E-state index contributed by atoms with van der Waals surface area (Å²) in [5.41, 5.74) is 6.17. The second kappa shape index (κ2) is 5.27. The third kappa shape index (κ3) is 2.33. The maximum Gasteiger partial charge on any atom is 0.156 e. The maximum absolute atomic E-state index is 5.95. The van der Waals surface area contributed by atoms with E-state index in [-0.39, 0.29) is 4.99 Å². The van der Waals surface area contributed by atoms with Crippen LogP contribution in [0.2, 0.25) is 0 Å². The largest absolute Gasteiger partial charge is 0.454 e. The van der Waals surface area contributed by atoms with Crippen LogP contribution in [0.4, 0.5) is 0 Å². The third-order valence-electron chi connectivity index (χ3n) is 2.97. The zero-order valence-corrected chi connectivity index (χ0v) is 11.4. The van der Waals surface area contributed by atoms with Crippen LogP contribution in [0, 0.1) is 0 Å². The van der Waals surface area contributed by atoms with E-state index < -0.39 is 0 Å². The predicted octanol–water partition coefficient (Wildman–Crippen LogP) is 3.66. The Labute approximate surface area is 122 Å². The van der Waals surface area contributed by atoms with Gasteiger partial charge in [0.1, 0.15) is 16.4 Å². The van der Waals surface area contributed by atoms with Crippen molar-refractivity contribution in [1.82, 2.24) is 4.98 Å². The summed E-state index contributed by atoms with van der Waals surface area (Å²) in [6.07, 6.45) is 1.64. The Balaban J connectivity index is 2.08. The number of aromatic nitrogens is 1. The molecule has 20 heavy (non-hydrogen) atoms. The molecule has 3 aromatic rings. The first-order chi connectivity index (χ1) is 9.75. The average molecular weight is 280 g/mol. The molecule has 0 spiro atoms. The van der Waals surface area contributed by atoms with Crippen molar-refractivity contribution in [3.63, 3.8) is 0 Å². The molecule has 2 N–H and O–H groups in total. The van der Waals surface area contributed by atoms with Gasteiger partial charge in [0.05, 0.1) is 0 Å². The summed E-state index contributed by atoms with van der Waals surface area (Å²) in [5, 5.41) is 2.15. The van der Waals surface area contributed by atoms with Gasteiger partial charge in [-0.1, -0.05) is 48.6 Å². The Hall–Kier alpha value is -2.46. The highest BCUT2D eigenvalue weighted by atomic mass is 32.1. The number of benzene rings is 2. The van der Waals surface area contributed by atoms with E-state index in [0.29, 0.717) is 11.4 Å². The van der Waals surface area contributed by atoms with Crippen molar-refractivity contribution in [2.45, 2.75) is 0 Å². The van der Waals surface area contributed by atoms with Crippen LogP contribution >= 0.6 is 12.2 Å². The van der Waals surface area contributed by atoms with E-state index in [0.717, 1.165) is 16.5 Å². The van der Waals surface area contributed by atoms with Gasteiger partial charge in [-0.15, -0.1) is 0 Å². The fourth-order valence-corrected chi connectivity index (χ4v) is 2.21. The molecule has 0 atom stereocenters. The van der Waals surface area contributed by atoms with E-state index in [9.17, 15) is 0 Å². The van der Waals surface area contributed by atoms with E-state index in [4.69, 9.17) is 22.7 Å². The molecule has 0 bridgehead atoms. The van der Waals surface area contributed by atoms with Crippen LogP contribution in [-0.2, 0) is 0 Å². The minimum Gasteiger partial charge on any atom is -0.454 e. The Morgan fingerprint density at radius 1 is 0.950 bits per heavy atom. The maximum atomic E-state index is 5.95. The average Bonchev–Trinajstić information content (AvgIpc) is 2.48. The van der Waals surface area contributed by atoms with Gasteiger partial charge in [-0.05, 0) is 23.6 Å². The molecule has 0 unspecified atom stereocenters. The molecule has 1 aromatic heterocycles. The normalized spacial score (nSPS) is 10.4. The molecule has 3 nitrogen and oxygen atoms in total. The quantitative estimate of drug-likeness (QED) is 0.744. The summed E-state index contributed by atoms with van der Waals surface area (Å²) >= 11 is 5.00. The van der Waals surface area contributed by atoms with Gasteiger partial charge >= 0.3 is 0 Å². The zero-order chi connectivity index (χ0) is 13.9. The lowest BCUT2D eigenvalue weighted by Gasteiger charge is -2.11. The van der Waals surface area contributed by atoms with Crippen molar-refractivity contribution >= 4 is 28.0 Å². The van der Waals surface area contributed by atoms with Crippen molar-refractivity contribution in [2.24, 2.45) is 5.73 Å². The van der Waals surface area contributed by atoms with Crippen LogP contribution in [0.5, 0.6) is 11.5 Å². The molecular weight excluding hydrogens is 268 g/mol. The van der Waals surface area contributed by atoms with E-state index >= 15 is 0 Å². The van der Waals surface area contributed by atoms with Crippen LogP contribution in [0.25, 0.3) is 10.8 Å². The summed E-state index contributed by atoms with van der Waals surface area (Å²) in [5.74, 6) is 1.32. The van der Waals surface area contributed by atoms with Gasteiger partial charge < -0.3 is 10.5 Å². The molecular formula is C16H12N2OS. The molecule has 0 aliphatic carbocycles. The number of pyridine rings is 1. The topological polar surface area (TPSA) is 48.1 Å². The lowest BCUT2D eigenvalue weighted by molar-refractivity contribution is 0.485. The summed E-state index contributed by atoms with van der Waals surface area (Å²) in [4.78, 5) is 4.39. The SMILES string of the molecule is NC(=S)c1ncccc1Oc1cccc2ccccc12. The Kier molecular flexibility index (Phi) is 3.31. The number of rotatable bonds is 3. The highest BCUT2D eigenvalue weighted by molar-refractivity contribution is 7.80. The fourth-order valence-electron chi connectivity index (χ4n) is 2.06. The highest BCUT2D eigenvalue weighted by Gasteiger charge is 2.10. The second-order valence-corrected chi connectivity index (χ2v) is 4.73. The molecule has 0 fully saturated rings. The Bertz CT molecular complexity index is 781. The standard InChI is InChI=1S/C16H12N2OS/c17-16(20)15-14(9-4-10-18-15)19-13-8-3-6-11-5-1-2-7-12(11)13/h1-10H,(H2,17,20). The number of fused-ring (bicyclic) bond motifs is 1. The first kappa shape index (κ1) is 12.6. The summed E-state index contributed by atoms with van der Waals surface area (Å²) in [6, 6.07) is 17.5. The second-order valence-electron chi connectivity index (χ2n) is 4.29. The molecule has 0 saturated heterocycles. The fraction of sp³-hybridized carbons (Fsp3) is 0. The van der Waals surface area contributed by atoms with Gasteiger partial charge in [0.2, 0.25) is 0 Å².